The average Bonchev–Trinajstić information content (AvgIpc) is 2.82. The summed E-state index contributed by atoms with van der Waals surface area (Å²) in [5.41, 5.74) is 4.46. The van der Waals surface area contributed by atoms with E-state index >= 15 is 0 Å². The molecule has 1 heterocycles. The zero-order valence-corrected chi connectivity index (χ0v) is 11.9. The quantitative estimate of drug-likeness (QED) is 0.847. The van der Waals surface area contributed by atoms with Gasteiger partial charge in [0.25, 0.3) is 5.91 Å². The Bertz CT molecular complexity index is 718. The zero-order valence-electron chi connectivity index (χ0n) is 11.9. The van der Waals surface area contributed by atoms with Crippen LogP contribution in [0.3, 0.4) is 0 Å². The van der Waals surface area contributed by atoms with Gasteiger partial charge in [-0.3, -0.25) is 4.79 Å². The topological polar surface area (TPSA) is 50.4 Å². The van der Waals surface area contributed by atoms with Crippen LogP contribution < -0.4 is 15.4 Å². The Hall–Kier alpha value is -2.75. The lowest BCUT2D eigenvalue weighted by Gasteiger charge is -2.05. The number of nitrogens with one attached hydrogen (secondary N) is 2. The largest absolute Gasteiger partial charge is 0.497 e. The first-order valence-corrected chi connectivity index (χ1v) is 6.71. The molecule has 21 heavy (non-hydrogen) atoms. The Labute approximate surface area is 123 Å². The molecule has 2 aromatic carbocycles. The summed E-state index contributed by atoms with van der Waals surface area (Å²) in [4.78, 5) is 12.1. The van der Waals surface area contributed by atoms with E-state index in [9.17, 15) is 4.79 Å². The fraction of sp³-hybridized carbons (Fsp3) is 0.118. The van der Waals surface area contributed by atoms with E-state index in [-0.39, 0.29) is 5.91 Å². The lowest BCUT2D eigenvalue weighted by atomic mass is 10.0. The van der Waals surface area contributed by atoms with Crippen LogP contribution in [0.25, 0.3) is 5.57 Å². The Morgan fingerprint density at radius 3 is 2.62 bits per heavy atom. The van der Waals surface area contributed by atoms with Gasteiger partial charge in [-0.25, -0.2) is 0 Å². The van der Waals surface area contributed by atoms with Crippen molar-refractivity contribution in [2.75, 3.05) is 17.7 Å². The second kappa shape index (κ2) is 5.32. The van der Waals surface area contributed by atoms with E-state index in [1.807, 2.05) is 49.4 Å². The number of hydrogen-bond donors (Lipinski definition) is 2. The molecule has 0 aliphatic carbocycles. The van der Waals surface area contributed by atoms with Crippen LogP contribution >= 0.6 is 0 Å². The second-order valence-corrected chi connectivity index (χ2v) is 4.88. The van der Waals surface area contributed by atoms with Gasteiger partial charge in [-0.05, 0) is 42.8 Å². The summed E-state index contributed by atoms with van der Waals surface area (Å²) in [6, 6.07) is 13.4. The van der Waals surface area contributed by atoms with Crippen LogP contribution in [0.2, 0.25) is 0 Å². The number of aryl methyl sites for hydroxylation is 1. The summed E-state index contributed by atoms with van der Waals surface area (Å²) < 4.78 is 5.12. The molecule has 0 aromatic heterocycles. The van der Waals surface area contributed by atoms with Gasteiger partial charge in [0.2, 0.25) is 0 Å². The van der Waals surface area contributed by atoms with Gasteiger partial charge in [0.1, 0.15) is 5.75 Å². The van der Waals surface area contributed by atoms with Crippen LogP contribution in [0.15, 0.2) is 48.7 Å². The van der Waals surface area contributed by atoms with Gasteiger partial charge in [-0.15, -0.1) is 0 Å². The summed E-state index contributed by atoms with van der Waals surface area (Å²) in [7, 11) is 1.63. The van der Waals surface area contributed by atoms with Gasteiger partial charge in [0.05, 0.1) is 12.7 Å². The monoisotopic (exact) mass is 280 g/mol. The number of rotatable bonds is 3. The van der Waals surface area contributed by atoms with Crippen LogP contribution in [-0.2, 0) is 4.79 Å². The van der Waals surface area contributed by atoms with Crippen molar-refractivity contribution in [1.82, 2.24) is 0 Å². The predicted octanol–water partition coefficient (Wildman–Crippen LogP) is 3.41. The first-order chi connectivity index (χ1) is 10.2. The van der Waals surface area contributed by atoms with Gasteiger partial charge >= 0.3 is 0 Å². The van der Waals surface area contributed by atoms with E-state index in [1.54, 1.807) is 13.3 Å². The lowest BCUT2D eigenvalue weighted by molar-refractivity contribution is -0.110. The molecule has 0 spiro atoms. The number of carbonyl (C=O) groups excluding carboxylic acids is 1. The highest BCUT2D eigenvalue weighted by Crippen LogP contribution is 2.34. The molecule has 0 fully saturated rings. The van der Waals surface area contributed by atoms with Crippen molar-refractivity contribution in [2.45, 2.75) is 6.92 Å². The van der Waals surface area contributed by atoms with Crippen molar-refractivity contribution < 1.29 is 9.53 Å². The van der Waals surface area contributed by atoms with Crippen molar-refractivity contribution in [3.63, 3.8) is 0 Å². The summed E-state index contributed by atoms with van der Waals surface area (Å²) in [6.07, 6.45) is 1.75. The Kier molecular flexibility index (Phi) is 3.36. The number of amides is 1. The molecule has 106 valence electrons. The molecule has 4 nitrogen and oxygen atoms in total. The standard InChI is InChI=1S/C17H16N2O2/c1-11-4-3-5-15-16(11)14(17(20)19-15)10-18-12-6-8-13(21-2)9-7-12/h3-10,18H,1-2H3,(H,19,20)/b14-10+. The minimum absolute atomic E-state index is 0.0830. The molecular weight excluding hydrogens is 264 g/mol. The van der Waals surface area contributed by atoms with E-state index in [0.717, 1.165) is 28.3 Å². The van der Waals surface area contributed by atoms with Gasteiger partial charge in [-0.2, -0.15) is 0 Å². The lowest BCUT2D eigenvalue weighted by Crippen LogP contribution is -2.05. The fourth-order valence-electron chi connectivity index (χ4n) is 2.41. The molecule has 2 N–H and O–H groups in total. The minimum atomic E-state index is -0.0830. The van der Waals surface area contributed by atoms with E-state index < -0.39 is 0 Å². The van der Waals surface area contributed by atoms with Crippen molar-refractivity contribution in [1.29, 1.82) is 0 Å². The van der Waals surface area contributed by atoms with E-state index in [2.05, 4.69) is 10.6 Å². The highest BCUT2D eigenvalue weighted by molar-refractivity contribution is 6.32. The van der Waals surface area contributed by atoms with Crippen LogP contribution in [0.4, 0.5) is 11.4 Å². The number of fused-ring (bicyclic) bond motifs is 1. The molecule has 0 unspecified atom stereocenters. The highest BCUT2D eigenvalue weighted by atomic mass is 16.5. The minimum Gasteiger partial charge on any atom is -0.497 e. The number of anilines is 2. The van der Waals surface area contributed by atoms with Gasteiger partial charge in [-0.1, -0.05) is 12.1 Å². The van der Waals surface area contributed by atoms with Crippen LogP contribution in [0, 0.1) is 6.92 Å². The van der Waals surface area contributed by atoms with Gasteiger partial charge in [0.15, 0.2) is 0 Å². The molecular formula is C17H16N2O2. The molecule has 4 heteroatoms. The van der Waals surface area contributed by atoms with Crippen molar-refractivity contribution in [3.05, 3.63) is 59.8 Å². The maximum Gasteiger partial charge on any atom is 0.257 e. The summed E-state index contributed by atoms with van der Waals surface area (Å²) >= 11 is 0. The normalized spacial score (nSPS) is 14.8. The fourth-order valence-corrected chi connectivity index (χ4v) is 2.41. The molecule has 1 amide bonds. The zero-order chi connectivity index (χ0) is 14.8. The third-order valence-electron chi connectivity index (χ3n) is 3.51. The summed E-state index contributed by atoms with van der Waals surface area (Å²) in [6.45, 7) is 2.00. The maximum absolute atomic E-state index is 12.1. The van der Waals surface area contributed by atoms with Crippen molar-refractivity contribution >= 4 is 22.9 Å². The van der Waals surface area contributed by atoms with E-state index in [4.69, 9.17) is 4.74 Å². The predicted molar refractivity (Wildman–Crippen MR) is 84.4 cm³/mol. The number of benzene rings is 2. The van der Waals surface area contributed by atoms with Gasteiger partial charge < -0.3 is 15.4 Å². The third-order valence-corrected chi connectivity index (χ3v) is 3.51. The molecule has 3 rings (SSSR count). The summed E-state index contributed by atoms with van der Waals surface area (Å²) in [5, 5.41) is 6.03. The van der Waals surface area contributed by atoms with Crippen molar-refractivity contribution in [3.8, 4) is 5.75 Å². The Morgan fingerprint density at radius 1 is 1.14 bits per heavy atom. The van der Waals surface area contributed by atoms with E-state index in [0.29, 0.717) is 5.57 Å². The number of carbonyl (C=O) groups is 1. The second-order valence-electron chi connectivity index (χ2n) is 4.88. The van der Waals surface area contributed by atoms with Crippen molar-refractivity contribution in [2.24, 2.45) is 0 Å². The average molecular weight is 280 g/mol. The Morgan fingerprint density at radius 2 is 1.90 bits per heavy atom. The molecule has 1 aliphatic heterocycles. The smallest absolute Gasteiger partial charge is 0.257 e. The molecule has 0 saturated carbocycles. The first-order valence-electron chi connectivity index (χ1n) is 6.71. The molecule has 2 aromatic rings. The number of methoxy groups -OCH3 is 1. The summed E-state index contributed by atoms with van der Waals surface area (Å²) in [5.74, 6) is 0.716. The highest BCUT2D eigenvalue weighted by Gasteiger charge is 2.25. The number of ether oxygens (including phenoxy) is 1. The maximum atomic E-state index is 12.1. The van der Waals surface area contributed by atoms with E-state index in [1.165, 1.54) is 0 Å². The molecule has 0 saturated heterocycles. The SMILES string of the molecule is COc1ccc(N/C=C2/C(=O)Nc3cccc(C)c32)cc1. The van der Waals surface area contributed by atoms with Crippen LogP contribution in [0.5, 0.6) is 5.75 Å². The Balaban J connectivity index is 1.88. The van der Waals surface area contributed by atoms with Crippen LogP contribution in [-0.4, -0.2) is 13.0 Å². The molecule has 0 atom stereocenters. The molecule has 0 bridgehead atoms. The van der Waals surface area contributed by atoms with Crippen LogP contribution in [0.1, 0.15) is 11.1 Å². The first kappa shape index (κ1) is 13.2. The molecule has 0 radical (unpaired) electrons. The van der Waals surface area contributed by atoms with Gasteiger partial charge in [0, 0.05) is 23.1 Å². The third kappa shape index (κ3) is 2.48. The molecule has 1 aliphatic rings. The number of hydrogen-bond acceptors (Lipinski definition) is 3.